The van der Waals surface area contributed by atoms with Gasteiger partial charge in [-0.2, -0.15) is 0 Å². The third kappa shape index (κ3) is 8.14. The number of benzene rings is 5. The minimum Gasteiger partial charge on any atom is -0.491 e. The van der Waals surface area contributed by atoms with Crippen LogP contribution in [-0.4, -0.2) is 42.1 Å². The van der Waals surface area contributed by atoms with Crippen molar-refractivity contribution in [3.63, 3.8) is 0 Å². The number of carboxylic acids is 1. The summed E-state index contributed by atoms with van der Waals surface area (Å²) in [6.07, 6.45) is -1.22. The van der Waals surface area contributed by atoms with Gasteiger partial charge in [-0.1, -0.05) is 96.5 Å². The van der Waals surface area contributed by atoms with Crippen LogP contribution in [0.25, 0.3) is 6.08 Å². The maximum Gasteiger partial charge on any atom is 0.328 e. The minimum atomic E-state index is -1.10. The molecule has 0 aromatic heterocycles. The number of hydrogen-bond donors (Lipinski definition) is 1. The van der Waals surface area contributed by atoms with Crippen LogP contribution in [0, 0.1) is 0 Å². The summed E-state index contributed by atoms with van der Waals surface area (Å²) < 4.78 is 33.5. The fourth-order valence-electron chi connectivity index (χ4n) is 5.50. The van der Waals surface area contributed by atoms with Gasteiger partial charge in [0.1, 0.15) is 41.8 Å². The molecule has 5 aromatic rings. The number of ether oxygens (including phenoxy) is 5. The number of para-hydroxylation sites is 4. The summed E-state index contributed by atoms with van der Waals surface area (Å²) >= 11 is 6.70. The number of halogens is 1. The van der Waals surface area contributed by atoms with Crippen molar-refractivity contribution in [2.75, 3.05) is 6.61 Å². The average molecular weight is 649 g/mol. The van der Waals surface area contributed by atoms with Crippen molar-refractivity contribution < 1.29 is 33.6 Å². The lowest BCUT2D eigenvalue weighted by atomic mass is 9.88. The van der Waals surface area contributed by atoms with Gasteiger partial charge in [0.05, 0.1) is 0 Å². The molecule has 5 atom stereocenters. The van der Waals surface area contributed by atoms with Gasteiger partial charge in [0.2, 0.25) is 0 Å². The van der Waals surface area contributed by atoms with Gasteiger partial charge in [-0.05, 0) is 71.8 Å². The van der Waals surface area contributed by atoms with E-state index in [0.29, 0.717) is 39.1 Å². The zero-order chi connectivity index (χ0) is 32.4. The number of aliphatic carboxylic acids is 1. The standard InChI is InChI=1S/C39H33ClO7/c40-33-23-13-22-32(31(33)24-25-35(41)42)36-38(45-29-18-9-3-10-19-29)39(46-30-20-11-4-12-21-30)37(44-28-16-7-2-8-17-28)34(47-36)26-43-27-14-5-1-6-15-27/h1-25,34,36-39H,26H2,(H,41,42)/b25-24+/t34-,36-,37-,38-,39+/m1/s1. The van der Waals surface area contributed by atoms with Gasteiger partial charge in [0.15, 0.2) is 18.3 Å². The summed E-state index contributed by atoms with van der Waals surface area (Å²) in [7, 11) is 0. The molecule has 0 saturated carbocycles. The van der Waals surface area contributed by atoms with E-state index < -0.39 is 36.5 Å². The van der Waals surface area contributed by atoms with Crippen molar-refractivity contribution in [3.8, 4) is 23.0 Å². The molecule has 47 heavy (non-hydrogen) atoms. The predicted octanol–water partition coefficient (Wildman–Crippen LogP) is 8.30. The van der Waals surface area contributed by atoms with Crippen LogP contribution in [0.3, 0.4) is 0 Å². The Morgan fingerprint density at radius 2 is 1.13 bits per heavy atom. The highest BCUT2D eigenvalue weighted by atomic mass is 35.5. The molecule has 0 radical (unpaired) electrons. The van der Waals surface area contributed by atoms with Gasteiger partial charge in [-0.3, -0.25) is 0 Å². The maximum atomic E-state index is 11.6. The molecule has 1 N–H and O–H groups in total. The van der Waals surface area contributed by atoms with Gasteiger partial charge in [-0.25, -0.2) is 4.79 Å². The van der Waals surface area contributed by atoms with Crippen molar-refractivity contribution in [1.29, 1.82) is 0 Å². The molecular weight excluding hydrogens is 616 g/mol. The molecule has 0 unspecified atom stereocenters. The lowest BCUT2D eigenvalue weighted by Gasteiger charge is -2.46. The van der Waals surface area contributed by atoms with E-state index >= 15 is 0 Å². The van der Waals surface area contributed by atoms with E-state index in [2.05, 4.69) is 0 Å². The topological polar surface area (TPSA) is 83.5 Å². The van der Waals surface area contributed by atoms with Crippen molar-refractivity contribution >= 4 is 23.6 Å². The molecule has 0 bridgehead atoms. The molecular formula is C39H33ClO7. The second-order valence-corrected chi connectivity index (χ2v) is 11.2. The number of rotatable bonds is 12. The maximum absolute atomic E-state index is 11.6. The first kappa shape index (κ1) is 31.7. The molecule has 0 aliphatic carbocycles. The van der Waals surface area contributed by atoms with Crippen LogP contribution in [0.5, 0.6) is 23.0 Å². The van der Waals surface area contributed by atoms with E-state index in [4.69, 9.17) is 35.3 Å². The summed E-state index contributed by atoms with van der Waals surface area (Å²) in [5.41, 5.74) is 1.12. The molecule has 5 aromatic carbocycles. The Morgan fingerprint density at radius 3 is 1.66 bits per heavy atom. The highest BCUT2D eigenvalue weighted by Gasteiger charge is 2.52. The van der Waals surface area contributed by atoms with Crippen LogP contribution < -0.4 is 18.9 Å². The van der Waals surface area contributed by atoms with E-state index in [0.717, 1.165) is 6.08 Å². The SMILES string of the molecule is O=C(O)/C=C/c1c(Cl)cccc1[C@H]1O[C@H](COc2ccccc2)[C@@H](Oc2ccccc2)[C@H](Oc2ccccc2)[C@@H]1Oc1ccccc1. The fourth-order valence-corrected chi connectivity index (χ4v) is 5.75. The Hall–Kier alpha value is -5.24. The lowest BCUT2D eigenvalue weighted by Crippen LogP contribution is -2.62. The fraction of sp³-hybridized carbons (Fsp3) is 0.154. The third-order valence-electron chi connectivity index (χ3n) is 7.62. The Morgan fingerprint density at radius 1 is 0.638 bits per heavy atom. The molecule has 1 fully saturated rings. The lowest BCUT2D eigenvalue weighted by molar-refractivity contribution is -0.210. The number of carbonyl (C=O) groups is 1. The first-order valence-electron chi connectivity index (χ1n) is 15.2. The molecule has 1 aliphatic rings. The van der Waals surface area contributed by atoms with Crippen molar-refractivity contribution in [2.24, 2.45) is 0 Å². The average Bonchev–Trinajstić information content (AvgIpc) is 3.10. The molecule has 6 rings (SSSR count). The molecule has 0 amide bonds. The highest BCUT2D eigenvalue weighted by Crippen LogP contribution is 2.41. The van der Waals surface area contributed by atoms with E-state index in [1.54, 1.807) is 12.1 Å². The first-order valence-corrected chi connectivity index (χ1v) is 15.6. The van der Waals surface area contributed by atoms with Crippen molar-refractivity contribution in [2.45, 2.75) is 30.5 Å². The predicted molar refractivity (Wildman–Crippen MR) is 180 cm³/mol. The van der Waals surface area contributed by atoms with Crippen LogP contribution >= 0.6 is 11.6 Å². The molecule has 0 spiro atoms. The van der Waals surface area contributed by atoms with E-state index in [9.17, 15) is 9.90 Å². The van der Waals surface area contributed by atoms with Crippen LogP contribution in [0.2, 0.25) is 5.02 Å². The molecule has 1 heterocycles. The quantitative estimate of drug-likeness (QED) is 0.136. The summed E-state index contributed by atoms with van der Waals surface area (Å²) in [5.74, 6) is 1.39. The van der Waals surface area contributed by atoms with Crippen molar-refractivity contribution in [1.82, 2.24) is 0 Å². The van der Waals surface area contributed by atoms with E-state index in [1.165, 1.54) is 6.08 Å². The van der Waals surface area contributed by atoms with Crippen LogP contribution in [-0.2, 0) is 9.53 Å². The van der Waals surface area contributed by atoms with Gasteiger partial charge in [0.25, 0.3) is 0 Å². The Balaban J connectivity index is 1.49. The molecule has 238 valence electrons. The summed E-state index contributed by atoms with van der Waals surface area (Å²) in [5, 5.41) is 9.84. The monoisotopic (exact) mass is 648 g/mol. The van der Waals surface area contributed by atoms with Crippen molar-refractivity contribution in [3.05, 3.63) is 162 Å². The zero-order valence-electron chi connectivity index (χ0n) is 25.3. The van der Waals surface area contributed by atoms with Crippen LogP contribution in [0.15, 0.2) is 146 Å². The third-order valence-corrected chi connectivity index (χ3v) is 7.95. The number of carboxylic acid groups (broad SMARTS) is 1. The minimum absolute atomic E-state index is 0.117. The second-order valence-electron chi connectivity index (χ2n) is 10.8. The normalized spacial score (nSPS) is 20.7. The van der Waals surface area contributed by atoms with E-state index in [1.807, 2.05) is 127 Å². The molecule has 8 heteroatoms. The van der Waals surface area contributed by atoms with Gasteiger partial charge >= 0.3 is 5.97 Å². The first-order chi connectivity index (χ1) is 23.0. The molecule has 1 aliphatic heterocycles. The highest BCUT2D eigenvalue weighted by molar-refractivity contribution is 6.32. The Kier molecular flexibility index (Phi) is 10.4. The second kappa shape index (κ2) is 15.4. The Labute approximate surface area is 278 Å². The molecule has 7 nitrogen and oxygen atoms in total. The van der Waals surface area contributed by atoms with Gasteiger partial charge in [0, 0.05) is 11.1 Å². The Bertz CT molecular complexity index is 1750. The van der Waals surface area contributed by atoms with Crippen LogP contribution in [0.1, 0.15) is 17.2 Å². The zero-order valence-corrected chi connectivity index (χ0v) is 26.1. The largest absolute Gasteiger partial charge is 0.491 e. The molecule has 1 saturated heterocycles. The summed E-state index contributed by atoms with van der Waals surface area (Å²) in [6, 6.07) is 43.1. The summed E-state index contributed by atoms with van der Waals surface area (Å²) in [4.78, 5) is 11.6. The van der Waals surface area contributed by atoms with Gasteiger partial charge < -0.3 is 28.8 Å². The smallest absolute Gasteiger partial charge is 0.328 e. The van der Waals surface area contributed by atoms with Gasteiger partial charge in [-0.15, -0.1) is 0 Å². The summed E-state index contributed by atoms with van der Waals surface area (Å²) in [6.45, 7) is 0.117. The number of hydrogen-bond acceptors (Lipinski definition) is 6. The van der Waals surface area contributed by atoms with Crippen LogP contribution in [0.4, 0.5) is 0 Å². The van der Waals surface area contributed by atoms with E-state index in [-0.39, 0.29) is 6.61 Å².